The minimum absolute atomic E-state index is 0.0887. The molecule has 1 heterocycles. The first-order valence-corrected chi connectivity index (χ1v) is 7.17. The molecule has 0 bridgehead atoms. The molecule has 2 N–H and O–H groups in total. The molecule has 0 spiro atoms. The molecule has 106 valence electrons. The van der Waals surface area contributed by atoms with Gasteiger partial charge in [0.05, 0.1) is 6.10 Å². The quantitative estimate of drug-likeness (QED) is 0.905. The third kappa shape index (κ3) is 3.78. The van der Waals surface area contributed by atoms with Crippen LogP contribution >= 0.6 is 0 Å². The molecule has 1 aromatic carbocycles. The summed E-state index contributed by atoms with van der Waals surface area (Å²) >= 11 is 0. The molecule has 3 heteroatoms. The van der Waals surface area contributed by atoms with Gasteiger partial charge in [-0.3, -0.25) is 4.90 Å². The molecular weight excluding hydrogens is 236 g/mol. The highest BCUT2D eigenvalue weighted by Crippen LogP contribution is 2.21. The molecule has 0 saturated carbocycles. The number of nitrogens with zero attached hydrogens (tertiary/aromatic N) is 1. The Hall–Kier alpha value is -0.900. The fourth-order valence-corrected chi connectivity index (χ4v) is 2.85. The predicted octanol–water partition coefficient (Wildman–Crippen LogP) is 2.35. The van der Waals surface area contributed by atoms with Crippen molar-refractivity contribution in [3.05, 3.63) is 35.4 Å². The van der Waals surface area contributed by atoms with Crippen molar-refractivity contribution in [1.29, 1.82) is 0 Å². The predicted molar refractivity (Wildman–Crippen MR) is 79.1 cm³/mol. The molecule has 0 aromatic heterocycles. The van der Waals surface area contributed by atoms with E-state index in [2.05, 4.69) is 43.0 Å². The van der Waals surface area contributed by atoms with Crippen LogP contribution in [-0.4, -0.2) is 37.7 Å². The fourth-order valence-electron chi connectivity index (χ4n) is 2.85. The third-order valence-corrected chi connectivity index (χ3v) is 4.20. The average molecular weight is 262 g/mol. The van der Waals surface area contributed by atoms with E-state index in [4.69, 9.17) is 10.5 Å². The normalized spacial score (nSPS) is 26.3. The lowest BCUT2D eigenvalue weighted by Crippen LogP contribution is -2.46. The van der Waals surface area contributed by atoms with E-state index < -0.39 is 0 Å². The molecule has 3 atom stereocenters. The number of hydrogen-bond donors (Lipinski definition) is 1. The van der Waals surface area contributed by atoms with Gasteiger partial charge in [0.2, 0.25) is 0 Å². The van der Waals surface area contributed by atoms with Crippen LogP contribution in [0.25, 0.3) is 0 Å². The van der Waals surface area contributed by atoms with Gasteiger partial charge in [-0.25, -0.2) is 0 Å². The Morgan fingerprint density at radius 2 is 2.26 bits per heavy atom. The van der Waals surface area contributed by atoms with Crippen molar-refractivity contribution >= 4 is 0 Å². The molecule has 0 radical (unpaired) electrons. The number of likely N-dealkylation sites (tertiary alicyclic amines) is 1. The SMILES string of the molecule is COC1CN(CC(N)c2cccc(C)c2)CCC1C. The molecule has 0 aliphatic carbocycles. The van der Waals surface area contributed by atoms with Crippen molar-refractivity contribution in [3.63, 3.8) is 0 Å². The van der Waals surface area contributed by atoms with E-state index in [1.807, 2.05) is 7.11 Å². The van der Waals surface area contributed by atoms with Crippen molar-refractivity contribution in [1.82, 2.24) is 4.90 Å². The Morgan fingerprint density at radius 3 is 2.95 bits per heavy atom. The van der Waals surface area contributed by atoms with Crippen molar-refractivity contribution in [2.24, 2.45) is 11.7 Å². The molecule has 2 rings (SSSR count). The van der Waals surface area contributed by atoms with Gasteiger partial charge < -0.3 is 10.5 Å². The summed E-state index contributed by atoms with van der Waals surface area (Å²) in [5, 5.41) is 0. The summed E-state index contributed by atoms with van der Waals surface area (Å²) in [6.07, 6.45) is 1.54. The number of nitrogens with two attached hydrogens (primary N) is 1. The molecule has 1 aliphatic rings. The first kappa shape index (κ1) is 14.5. The van der Waals surface area contributed by atoms with Gasteiger partial charge in [0, 0.05) is 26.2 Å². The van der Waals surface area contributed by atoms with Crippen LogP contribution in [0, 0.1) is 12.8 Å². The maximum absolute atomic E-state index is 6.33. The Labute approximate surface area is 116 Å². The Balaban J connectivity index is 1.94. The maximum atomic E-state index is 6.33. The van der Waals surface area contributed by atoms with Crippen LogP contribution in [0.15, 0.2) is 24.3 Å². The van der Waals surface area contributed by atoms with Crippen LogP contribution < -0.4 is 5.73 Å². The largest absolute Gasteiger partial charge is 0.380 e. The summed E-state index contributed by atoms with van der Waals surface area (Å²) < 4.78 is 5.56. The monoisotopic (exact) mass is 262 g/mol. The minimum Gasteiger partial charge on any atom is -0.380 e. The van der Waals surface area contributed by atoms with Crippen LogP contribution in [0.1, 0.15) is 30.5 Å². The smallest absolute Gasteiger partial charge is 0.0724 e. The van der Waals surface area contributed by atoms with Gasteiger partial charge >= 0.3 is 0 Å². The number of piperidine rings is 1. The van der Waals surface area contributed by atoms with Gasteiger partial charge in [-0.15, -0.1) is 0 Å². The van der Waals surface area contributed by atoms with Gasteiger partial charge in [0.25, 0.3) is 0 Å². The molecule has 19 heavy (non-hydrogen) atoms. The van der Waals surface area contributed by atoms with Crippen molar-refractivity contribution < 1.29 is 4.74 Å². The van der Waals surface area contributed by atoms with E-state index >= 15 is 0 Å². The first-order chi connectivity index (χ1) is 9.10. The second-order valence-electron chi connectivity index (χ2n) is 5.82. The maximum Gasteiger partial charge on any atom is 0.0724 e. The van der Waals surface area contributed by atoms with E-state index in [-0.39, 0.29) is 6.04 Å². The highest BCUT2D eigenvalue weighted by Gasteiger charge is 2.26. The summed E-state index contributed by atoms with van der Waals surface area (Å²) in [4.78, 5) is 2.43. The van der Waals surface area contributed by atoms with E-state index in [1.54, 1.807) is 0 Å². The van der Waals surface area contributed by atoms with E-state index in [9.17, 15) is 0 Å². The van der Waals surface area contributed by atoms with E-state index in [0.29, 0.717) is 12.0 Å². The Kier molecular flexibility index (Phi) is 4.97. The highest BCUT2D eigenvalue weighted by molar-refractivity contribution is 5.25. The molecule has 1 aromatic rings. The summed E-state index contributed by atoms with van der Waals surface area (Å²) in [6, 6.07) is 8.59. The molecule has 1 fully saturated rings. The van der Waals surface area contributed by atoms with Crippen molar-refractivity contribution in [3.8, 4) is 0 Å². The van der Waals surface area contributed by atoms with Crippen LogP contribution in [0.3, 0.4) is 0 Å². The van der Waals surface area contributed by atoms with Gasteiger partial charge in [-0.2, -0.15) is 0 Å². The lowest BCUT2D eigenvalue weighted by Gasteiger charge is -2.37. The zero-order chi connectivity index (χ0) is 13.8. The molecule has 3 nitrogen and oxygen atoms in total. The number of ether oxygens (including phenoxy) is 1. The third-order valence-electron chi connectivity index (χ3n) is 4.20. The number of aryl methyl sites for hydroxylation is 1. The lowest BCUT2D eigenvalue weighted by molar-refractivity contribution is -0.00644. The van der Waals surface area contributed by atoms with Crippen molar-refractivity contribution in [2.75, 3.05) is 26.7 Å². The summed E-state index contributed by atoms with van der Waals surface area (Å²) in [5.74, 6) is 0.649. The van der Waals surface area contributed by atoms with E-state index in [0.717, 1.165) is 19.6 Å². The van der Waals surface area contributed by atoms with Crippen LogP contribution in [0.4, 0.5) is 0 Å². The number of rotatable bonds is 4. The highest BCUT2D eigenvalue weighted by atomic mass is 16.5. The lowest BCUT2D eigenvalue weighted by atomic mass is 9.95. The van der Waals surface area contributed by atoms with Gasteiger partial charge in [0.1, 0.15) is 0 Å². The van der Waals surface area contributed by atoms with Crippen molar-refractivity contribution in [2.45, 2.75) is 32.4 Å². The minimum atomic E-state index is 0.0887. The number of benzene rings is 1. The first-order valence-electron chi connectivity index (χ1n) is 7.17. The molecular formula is C16H26N2O. The summed E-state index contributed by atoms with van der Waals surface area (Å²) in [5.41, 5.74) is 8.84. The zero-order valence-electron chi connectivity index (χ0n) is 12.3. The average Bonchev–Trinajstić information content (AvgIpc) is 2.41. The van der Waals surface area contributed by atoms with Gasteiger partial charge in [-0.1, -0.05) is 36.8 Å². The second-order valence-corrected chi connectivity index (χ2v) is 5.82. The summed E-state index contributed by atoms with van der Waals surface area (Å²) in [7, 11) is 1.81. The van der Waals surface area contributed by atoms with Gasteiger partial charge in [0.15, 0.2) is 0 Å². The zero-order valence-corrected chi connectivity index (χ0v) is 12.3. The van der Waals surface area contributed by atoms with Crippen LogP contribution in [0.5, 0.6) is 0 Å². The van der Waals surface area contributed by atoms with Crippen LogP contribution in [-0.2, 0) is 4.74 Å². The van der Waals surface area contributed by atoms with Crippen LogP contribution in [0.2, 0.25) is 0 Å². The fraction of sp³-hybridized carbons (Fsp3) is 0.625. The molecule has 0 amide bonds. The molecule has 1 saturated heterocycles. The Morgan fingerprint density at radius 1 is 1.47 bits per heavy atom. The Bertz CT molecular complexity index is 407. The number of methoxy groups -OCH3 is 1. The van der Waals surface area contributed by atoms with Gasteiger partial charge in [-0.05, 0) is 31.4 Å². The standard InChI is InChI=1S/C16H26N2O/c1-12-5-4-6-14(9-12)15(17)10-18-8-7-13(2)16(11-18)19-3/h4-6,9,13,15-16H,7-8,10-11,17H2,1-3H3. The summed E-state index contributed by atoms with van der Waals surface area (Å²) in [6.45, 7) is 7.42. The molecule has 1 aliphatic heterocycles. The number of hydrogen-bond acceptors (Lipinski definition) is 3. The van der Waals surface area contributed by atoms with E-state index in [1.165, 1.54) is 17.5 Å². The topological polar surface area (TPSA) is 38.5 Å². The second kappa shape index (κ2) is 6.51. The molecule has 3 unspecified atom stereocenters.